The van der Waals surface area contributed by atoms with Crippen molar-refractivity contribution < 1.29 is 4.48 Å². The Bertz CT molecular complexity index is 719. The summed E-state index contributed by atoms with van der Waals surface area (Å²) in [5.41, 5.74) is 6.29. The van der Waals surface area contributed by atoms with E-state index in [-0.39, 0.29) is 5.54 Å². The molecular formula is C21H26N+. The highest BCUT2D eigenvalue weighted by Gasteiger charge is 2.62. The van der Waals surface area contributed by atoms with Crippen molar-refractivity contribution in [1.29, 1.82) is 0 Å². The van der Waals surface area contributed by atoms with Gasteiger partial charge in [0, 0.05) is 29.0 Å². The highest BCUT2D eigenvalue weighted by Crippen LogP contribution is 2.59. The van der Waals surface area contributed by atoms with Crippen molar-refractivity contribution in [1.82, 2.24) is 0 Å². The van der Waals surface area contributed by atoms with Gasteiger partial charge in [-0.05, 0) is 12.5 Å². The first-order valence-electron chi connectivity index (χ1n) is 8.51. The van der Waals surface area contributed by atoms with Gasteiger partial charge in [-0.3, -0.25) is 0 Å². The summed E-state index contributed by atoms with van der Waals surface area (Å²) in [6.45, 7) is 8.42. The lowest BCUT2D eigenvalue weighted by Gasteiger charge is -2.53. The van der Waals surface area contributed by atoms with E-state index in [4.69, 9.17) is 0 Å². The summed E-state index contributed by atoms with van der Waals surface area (Å²) in [4.78, 5) is 0. The van der Waals surface area contributed by atoms with Gasteiger partial charge >= 0.3 is 0 Å². The Morgan fingerprint density at radius 3 is 2.41 bits per heavy atom. The van der Waals surface area contributed by atoms with Crippen LogP contribution in [0.25, 0.3) is 0 Å². The van der Waals surface area contributed by atoms with Crippen molar-refractivity contribution >= 4 is 0 Å². The van der Waals surface area contributed by atoms with Crippen molar-refractivity contribution in [3.8, 4) is 0 Å². The van der Waals surface area contributed by atoms with E-state index in [2.05, 4.69) is 76.3 Å². The molecule has 0 aromatic heterocycles. The van der Waals surface area contributed by atoms with Gasteiger partial charge < -0.3 is 4.48 Å². The van der Waals surface area contributed by atoms with E-state index in [0.717, 1.165) is 4.48 Å². The fraction of sp³-hybridized carbons (Fsp3) is 0.429. The quantitative estimate of drug-likeness (QED) is 0.706. The van der Waals surface area contributed by atoms with Crippen molar-refractivity contribution in [3.63, 3.8) is 0 Å². The van der Waals surface area contributed by atoms with E-state index in [1.54, 1.807) is 22.3 Å². The standard InChI is InChI=1S/C21H26N/c1-15(2)14-22(4)20-13-16-9-5-7-11-18(16)21(22,3)19-12-8-6-10-17(19)20/h5-12,15,20H,13-14H2,1-4H3/q+1/t20-,21+,22+/m0/s1. The smallest absolute Gasteiger partial charge is 0.149 e. The molecule has 2 aromatic carbocycles. The van der Waals surface area contributed by atoms with Crippen LogP contribution >= 0.6 is 0 Å². The third-order valence-corrected chi connectivity index (χ3v) is 6.25. The molecule has 3 atom stereocenters. The lowest BCUT2D eigenvalue weighted by Crippen LogP contribution is -2.60. The number of rotatable bonds is 2. The van der Waals surface area contributed by atoms with E-state index in [0.29, 0.717) is 12.0 Å². The van der Waals surface area contributed by atoms with Crippen LogP contribution in [0.3, 0.4) is 0 Å². The number of quaternary nitrogens is 1. The predicted molar refractivity (Wildman–Crippen MR) is 91.7 cm³/mol. The number of fused-ring (bicyclic) bond motifs is 7. The van der Waals surface area contributed by atoms with E-state index in [1.807, 2.05) is 0 Å². The van der Waals surface area contributed by atoms with Crippen molar-refractivity contribution in [2.24, 2.45) is 5.92 Å². The lowest BCUT2D eigenvalue weighted by atomic mass is 9.78. The fourth-order valence-electron chi connectivity index (χ4n) is 5.31. The van der Waals surface area contributed by atoms with E-state index < -0.39 is 0 Å². The first-order valence-corrected chi connectivity index (χ1v) is 8.51. The Hall–Kier alpha value is -1.60. The third kappa shape index (κ3) is 1.53. The SMILES string of the molecule is CC(C)C[N@+]1(C)[C@H]2Cc3ccccc3[C@]1(C)c1ccccc12. The van der Waals surface area contributed by atoms with Crippen LogP contribution in [-0.4, -0.2) is 18.1 Å². The fourth-order valence-corrected chi connectivity index (χ4v) is 5.31. The maximum absolute atomic E-state index is 2.49. The second kappa shape index (κ2) is 4.45. The summed E-state index contributed by atoms with van der Waals surface area (Å²) in [7, 11) is 2.49. The number of hydrogen-bond acceptors (Lipinski definition) is 0. The molecule has 0 radical (unpaired) electrons. The predicted octanol–water partition coefficient (Wildman–Crippen LogP) is 4.66. The summed E-state index contributed by atoms with van der Waals surface area (Å²) >= 11 is 0. The van der Waals surface area contributed by atoms with E-state index in [9.17, 15) is 0 Å². The number of likely N-dealkylation sites (N-methyl/N-ethyl adjacent to an activating group) is 1. The van der Waals surface area contributed by atoms with E-state index >= 15 is 0 Å². The minimum atomic E-state index is 0.0837. The molecule has 2 heterocycles. The van der Waals surface area contributed by atoms with Crippen LogP contribution in [-0.2, 0) is 12.0 Å². The number of nitrogens with zero attached hydrogens (tertiary/aromatic N) is 1. The average molecular weight is 292 g/mol. The van der Waals surface area contributed by atoms with Gasteiger partial charge in [-0.2, -0.15) is 0 Å². The zero-order valence-electron chi connectivity index (χ0n) is 14.1. The third-order valence-electron chi connectivity index (χ3n) is 6.25. The highest BCUT2D eigenvalue weighted by molar-refractivity contribution is 5.51. The summed E-state index contributed by atoms with van der Waals surface area (Å²) in [6, 6.07) is 18.9. The molecule has 1 heteroatoms. The maximum Gasteiger partial charge on any atom is 0.149 e. The summed E-state index contributed by atoms with van der Waals surface area (Å²) in [6.07, 6.45) is 1.17. The zero-order chi connectivity index (χ0) is 15.5. The Morgan fingerprint density at radius 2 is 1.68 bits per heavy atom. The Labute approximate surface area is 134 Å². The van der Waals surface area contributed by atoms with Crippen molar-refractivity contribution in [2.45, 2.75) is 38.8 Å². The maximum atomic E-state index is 2.49. The zero-order valence-corrected chi connectivity index (χ0v) is 14.1. The molecular weight excluding hydrogens is 266 g/mol. The molecule has 2 aromatic rings. The highest BCUT2D eigenvalue weighted by atomic mass is 15.4. The summed E-state index contributed by atoms with van der Waals surface area (Å²) in [5, 5.41) is 0. The first-order chi connectivity index (χ1) is 10.5. The molecule has 0 aliphatic carbocycles. The molecule has 114 valence electrons. The van der Waals surface area contributed by atoms with Crippen LogP contribution in [0, 0.1) is 5.92 Å². The van der Waals surface area contributed by atoms with Crippen molar-refractivity contribution in [3.05, 3.63) is 70.8 Å². The Kier molecular flexibility index (Phi) is 2.84. The molecule has 2 aliphatic rings. The first kappa shape index (κ1) is 14.0. The molecule has 4 rings (SSSR count). The Balaban J connectivity index is 2.03. The van der Waals surface area contributed by atoms with Gasteiger partial charge in [-0.1, -0.05) is 62.4 Å². The lowest BCUT2D eigenvalue weighted by molar-refractivity contribution is -0.983. The van der Waals surface area contributed by atoms with Gasteiger partial charge in [0.05, 0.1) is 13.6 Å². The van der Waals surface area contributed by atoms with Crippen molar-refractivity contribution in [2.75, 3.05) is 13.6 Å². The topological polar surface area (TPSA) is 0 Å². The van der Waals surface area contributed by atoms with Gasteiger partial charge in [0.25, 0.3) is 0 Å². The molecule has 0 amide bonds. The van der Waals surface area contributed by atoms with Crippen LogP contribution in [0.1, 0.15) is 49.1 Å². The largest absolute Gasteiger partial charge is 0.307 e. The van der Waals surface area contributed by atoms with Gasteiger partial charge in [-0.25, -0.2) is 0 Å². The van der Waals surface area contributed by atoms with Crippen LogP contribution < -0.4 is 0 Å². The van der Waals surface area contributed by atoms with Crippen LogP contribution in [0.4, 0.5) is 0 Å². The minimum absolute atomic E-state index is 0.0837. The van der Waals surface area contributed by atoms with E-state index in [1.165, 1.54) is 13.0 Å². The molecule has 22 heavy (non-hydrogen) atoms. The normalized spacial score (nSPS) is 32.0. The molecule has 1 nitrogen and oxygen atoms in total. The molecule has 0 unspecified atom stereocenters. The molecule has 0 N–H and O–H groups in total. The average Bonchev–Trinajstić information content (AvgIpc) is 2.61. The number of hydrogen-bond donors (Lipinski definition) is 0. The van der Waals surface area contributed by atoms with Gasteiger partial charge in [-0.15, -0.1) is 0 Å². The summed E-state index contributed by atoms with van der Waals surface area (Å²) in [5.74, 6) is 0.700. The summed E-state index contributed by atoms with van der Waals surface area (Å²) < 4.78 is 1.13. The van der Waals surface area contributed by atoms with Crippen LogP contribution in [0.15, 0.2) is 48.5 Å². The minimum Gasteiger partial charge on any atom is -0.307 e. The second-order valence-electron chi connectivity index (χ2n) is 7.88. The second-order valence-corrected chi connectivity index (χ2v) is 7.88. The van der Waals surface area contributed by atoms with Crippen LogP contribution in [0.5, 0.6) is 0 Å². The molecule has 2 aliphatic heterocycles. The number of benzene rings is 2. The molecule has 0 saturated heterocycles. The van der Waals surface area contributed by atoms with Gasteiger partial charge in [0.15, 0.2) is 0 Å². The molecule has 0 saturated carbocycles. The van der Waals surface area contributed by atoms with Crippen LogP contribution in [0.2, 0.25) is 0 Å². The van der Waals surface area contributed by atoms with Gasteiger partial charge in [0.2, 0.25) is 0 Å². The molecule has 0 fully saturated rings. The molecule has 0 spiro atoms. The Morgan fingerprint density at radius 1 is 1.05 bits per heavy atom. The monoisotopic (exact) mass is 292 g/mol. The molecule has 2 bridgehead atoms. The van der Waals surface area contributed by atoms with Gasteiger partial charge in [0.1, 0.15) is 11.6 Å².